The van der Waals surface area contributed by atoms with Gasteiger partial charge in [-0.05, 0) is 6.07 Å². The van der Waals surface area contributed by atoms with E-state index in [1.165, 1.54) is 13.4 Å². The van der Waals surface area contributed by atoms with Gasteiger partial charge in [0.15, 0.2) is 11.5 Å². The molecular weight excluding hydrogens is 312 g/mol. The summed E-state index contributed by atoms with van der Waals surface area (Å²) >= 11 is 0. The molecule has 0 atom stereocenters. The van der Waals surface area contributed by atoms with Crippen molar-refractivity contribution in [2.75, 3.05) is 21.0 Å². The number of benzene rings is 2. The van der Waals surface area contributed by atoms with Gasteiger partial charge in [-0.1, -0.05) is 18.2 Å². The molecule has 0 N–H and O–H groups in total. The highest BCUT2D eigenvalue weighted by atomic mass is 16.7. The van der Waals surface area contributed by atoms with Crippen LogP contribution in [0.15, 0.2) is 45.8 Å². The van der Waals surface area contributed by atoms with Crippen LogP contribution in [0.2, 0.25) is 0 Å². The number of rotatable bonds is 3. The van der Waals surface area contributed by atoms with Gasteiger partial charge in [-0.25, -0.2) is 0 Å². The van der Waals surface area contributed by atoms with E-state index in [0.29, 0.717) is 45.1 Å². The molecule has 1 aromatic heterocycles. The van der Waals surface area contributed by atoms with Gasteiger partial charge in [0.25, 0.3) is 0 Å². The maximum absolute atomic E-state index is 13.1. The first-order valence-electron chi connectivity index (χ1n) is 7.30. The minimum atomic E-state index is -0.226. The highest BCUT2D eigenvalue weighted by molar-refractivity contribution is 5.92. The lowest BCUT2D eigenvalue weighted by Gasteiger charge is -2.11. The van der Waals surface area contributed by atoms with Crippen molar-refractivity contribution in [3.8, 4) is 34.1 Å². The Morgan fingerprint density at radius 2 is 1.88 bits per heavy atom. The molecule has 1 aliphatic rings. The molecule has 6 heteroatoms. The van der Waals surface area contributed by atoms with Crippen molar-refractivity contribution in [1.29, 1.82) is 0 Å². The summed E-state index contributed by atoms with van der Waals surface area (Å²) in [6.07, 6.45) is 1.42. The highest BCUT2D eigenvalue weighted by Crippen LogP contribution is 2.45. The van der Waals surface area contributed by atoms with E-state index in [4.69, 9.17) is 23.4 Å². The van der Waals surface area contributed by atoms with E-state index in [0.717, 1.165) is 0 Å². The molecule has 0 spiro atoms. The highest BCUT2D eigenvalue weighted by Gasteiger charge is 2.26. The molecule has 3 aromatic rings. The molecule has 6 nitrogen and oxygen atoms in total. The van der Waals surface area contributed by atoms with Crippen LogP contribution in [-0.4, -0.2) is 21.0 Å². The fourth-order valence-corrected chi connectivity index (χ4v) is 2.86. The first kappa shape index (κ1) is 14.4. The second-order valence-electron chi connectivity index (χ2n) is 5.20. The van der Waals surface area contributed by atoms with Gasteiger partial charge >= 0.3 is 0 Å². The maximum Gasteiger partial charge on any atom is 0.231 e. The summed E-state index contributed by atoms with van der Waals surface area (Å²) < 4.78 is 27.2. The smallest absolute Gasteiger partial charge is 0.231 e. The van der Waals surface area contributed by atoms with Gasteiger partial charge < -0.3 is 23.4 Å². The average Bonchev–Trinajstić information content (AvgIpc) is 3.08. The van der Waals surface area contributed by atoms with Gasteiger partial charge in [-0.3, -0.25) is 4.79 Å². The minimum Gasteiger partial charge on any atom is -0.496 e. The van der Waals surface area contributed by atoms with Crippen molar-refractivity contribution in [1.82, 2.24) is 0 Å². The molecule has 24 heavy (non-hydrogen) atoms. The molecule has 0 fully saturated rings. The topological polar surface area (TPSA) is 67.1 Å². The van der Waals surface area contributed by atoms with Crippen molar-refractivity contribution in [2.45, 2.75) is 0 Å². The maximum atomic E-state index is 13.1. The molecule has 1 aliphatic heterocycles. The molecule has 0 unspecified atom stereocenters. The van der Waals surface area contributed by atoms with Crippen molar-refractivity contribution in [3.63, 3.8) is 0 Å². The molecule has 2 heterocycles. The normalized spacial score (nSPS) is 12.4. The van der Waals surface area contributed by atoms with Gasteiger partial charge in [0.1, 0.15) is 23.0 Å². The third-order valence-electron chi connectivity index (χ3n) is 3.96. The minimum absolute atomic E-state index is 0.0789. The van der Waals surface area contributed by atoms with Crippen LogP contribution in [-0.2, 0) is 0 Å². The molecular formula is C18H14O6. The number of methoxy groups -OCH3 is 2. The van der Waals surface area contributed by atoms with Crippen molar-refractivity contribution in [3.05, 3.63) is 46.8 Å². The molecule has 0 bridgehead atoms. The second kappa shape index (κ2) is 5.49. The van der Waals surface area contributed by atoms with E-state index < -0.39 is 0 Å². The Morgan fingerprint density at radius 3 is 2.67 bits per heavy atom. The van der Waals surface area contributed by atoms with Crippen LogP contribution in [0.5, 0.6) is 23.0 Å². The van der Waals surface area contributed by atoms with Gasteiger partial charge in [0.2, 0.25) is 18.0 Å². The fraction of sp³-hybridized carbons (Fsp3) is 0.167. The lowest BCUT2D eigenvalue weighted by Crippen LogP contribution is -2.07. The molecule has 0 radical (unpaired) electrons. The zero-order valence-corrected chi connectivity index (χ0v) is 13.1. The number of ether oxygens (including phenoxy) is 4. The lowest BCUT2D eigenvalue weighted by atomic mass is 10.0. The zero-order chi connectivity index (χ0) is 16.7. The number of hydrogen-bond acceptors (Lipinski definition) is 6. The number of hydrogen-bond donors (Lipinski definition) is 0. The molecule has 4 rings (SSSR count). The van der Waals surface area contributed by atoms with Gasteiger partial charge in [-0.15, -0.1) is 0 Å². The summed E-state index contributed by atoms with van der Waals surface area (Å²) in [7, 11) is 3.03. The standard InChI is InChI=1S/C18H14O6/c1-20-12-6-4-3-5-10(12)11-8-22-13-7-14-17(24-9-23-14)18(21-2)15(13)16(11)19/h3-8H,9H2,1-2H3. The Morgan fingerprint density at radius 1 is 1.04 bits per heavy atom. The van der Waals surface area contributed by atoms with Crippen LogP contribution >= 0.6 is 0 Å². The number of para-hydroxylation sites is 1. The zero-order valence-electron chi connectivity index (χ0n) is 13.1. The van der Waals surface area contributed by atoms with Crippen LogP contribution in [0.3, 0.4) is 0 Å². The van der Waals surface area contributed by atoms with Crippen LogP contribution in [0.25, 0.3) is 22.1 Å². The largest absolute Gasteiger partial charge is 0.496 e. The number of fused-ring (bicyclic) bond motifs is 2. The summed E-state index contributed by atoms with van der Waals surface area (Å²) in [4.78, 5) is 13.1. The molecule has 2 aromatic carbocycles. The van der Waals surface area contributed by atoms with Crippen molar-refractivity contribution >= 4 is 11.0 Å². The Labute approximate surface area is 137 Å². The average molecular weight is 326 g/mol. The predicted molar refractivity (Wildman–Crippen MR) is 87.1 cm³/mol. The summed E-state index contributed by atoms with van der Waals surface area (Å²) in [6, 6.07) is 8.89. The molecule has 122 valence electrons. The van der Waals surface area contributed by atoms with E-state index in [-0.39, 0.29) is 12.2 Å². The van der Waals surface area contributed by atoms with Crippen LogP contribution in [0.4, 0.5) is 0 Å². The van der Waals surface area contributed by atoms with Gasteiger partial charge in [0.05, 0.1) is 19.8 Å². The first-order valence-corrected chi connectivity index (χ1v) is 7.30. The molecule has 0 amide bonds. The molecule has 0 saturated heterocycles. The van der Waals surface area contributed by atoms with E-state index in [2.05, 4.69) is 0 Å². The first-order chi connectivity index (χ1) is 11.7. The van der Waals surface area contributed by atoms with Crippen molar-refractivity contribution in [2.24, 2.45) is 0 Å². The van der Waals surface area contributed by atoms with Crippen molar-refractivity contribution < 1.29 is 23.4 Å². The Bertz CT molecular complexity index is 989. The van der Waals surface area contributed by atoms with Crippen LogP contribution in [0, 0.1) is 0 Å². The third-order valence-corrected chi connectivity index (χ3v) is 3.96. The molecule has 0 aliphatic carbocycles. The Balaban J connectivity index is 2.06. The van der Waals surface area contributed by atoms with E-state index in [9.17, 15) is 4.79 Å². The van der Waals surface area contributed by atoms with Gasteiger partial charge in [0, 0.05) is 11.6 Å². The summed E-state index contributed by atoms with van der Waals surface area (Å²) in [5.41, 5.74) is 1.18. The fourth-order valence-electron chi connectivity index (χ4n) is 2.86. The second-order valence-corrected chi connectivity index (χ2v) is 5.20. The Kier molecular flexibility index (Phi) is 3.30. The van der Waals surface area contributed by atoms with Crippen LogP contribution < -0.4 is 24.4 Å². The quantitative estimate of drug-likeness (QED) is 0.736. The van der Waals surface area contributed by atoms with E-state index in [1.807, 2.05) is 12.1 Å². The Hall–Kier alpha value is -3.15. The molecule has 0 saturated carbocycles. The van der Waals surface area contributed by atoms with E-state index in [1.54, 1.807) is 25.3 Å². The predicted octanol–water partition coefficient (Wildman–Crippen LogP) is 3.21. The SMILES string of the molecule is COc1ccccc1-c1coc2cc3c(c(OC)c2c1=O)OCO3. The van der Waals surface area contributed by atoms with Crippen LogP contribution in [0.1, 0.15) is 0 Å². The lowest BCUT2D eigenvalue weighted by molar-refractivity contribution is 0.171. The summed E-state index contributed by atoms with van der Waals surface area (Å²) in [6.45, 7) is 0.0789. The summed E-state index contributed by atoms with van der Waals surface area (Å²) in [5, 5.41) is 0.310. The third kappa shape index (κ3) is 2.00. The van der Waals surface area contributed by atoms with Gasteiger partial charge in [-0.2, -0.15) is 0 Å². The van der Waals surface area contributed by atoms with E-state index >= 15 is 0 Å². The summed E-state index contributed by atoms with van der Waals surface area (Å²) in [5.74, 6) is 1.80. The monoisotopic (exact) mass is 326 g/mol.